The highest BCUT2D eigenvalue weighted by Gasteiger charge is 2.30. The Morgan fingerprint density at radius 2 is 1.60 bits per heavy atom. The molecule has 2 N–H and O–H groups in total. The van der Waals surface area contributed by atoms with Crippen LogP contribution >= 0.6 is 0 Å². The highest BCUT2D eigenvalue weighted by atomic mass is 27.2. The molecule has 0 aromatic heterocycles. The lowest BCUT2D eigenvalue weighted by Crippen LogP contribution is -2.50. The maximum Gasteiger partial charge on any atom is 0.290 e. The maximum atomic E-state index is 6.14. The molecular formula is C8H20AlN. The number of nitrogens with two attached hydrogens (primary N) is 1. The van der Waals surface area contributed by atoms with Gasteiger partial charge in [0.05, 0.1) is 0 Å². The predicted octanol–water partition coefficient (Wildman–Crippen LogP) is 2.19. The van der Waals surface area contributed by atoms with Crippen LogP contribution in [0.25, 0.3) is 0 Å². The summed E-state index contributed by atoms with van der Waals surface area (Å²) in [6.45, 7) is 8.98. The Labute approximate surface area is 69.4 Å². The first kappa shape index (κ1) is 10.5. The number of hydrogen-bond donors (Lipinski definition) is 1. The molecule has 0 radical (unpaired) electrons. The minimum absolute atomic E-state index is 0.198. The average molecular weight is 157 g/mol. The third-order valence-electron chi connectivity index (χ3n) is 2.68. The minimum atomic E-state index is -0.623. The van der Waals surface area contributed by atoms with Crippen LogP contribution < -0.4 is 5.73 Å². The molecule has 0 aromatic carbocycles. The number of rotatable bonds is 4. The van der Waals surface area contributed by atoms with Crippen LogP contribution in [0.3, 0.4) is 0 Å². The monoisotopic (exact) mass is 157 g/mol. The van der Waals surface area contributed by atoms with Crippen LogP contribution in [-0.2, 0) is 0 Å². The fraction of sp³-hybridized carbons (Fsp3) is 1.00. The highest BCUT2D eigenvalue weighted by molar-refractivity contribution is 6.62. The SMILES string of the molecule is C[CH2][Al]([CH2]C)[C](C)(N)CC. The molecule has 0 bridgehead atoms. The second-order valence-electron chi connectivity index (χ2n) is 3.37. The summed E-state index contributed by atoms with van der Waals surface area (Å²) in [6.07, 6.45) is 1.14. The molecule has 0 heterocycles. The van der Waals surface area contributed by atoms with Gasteiger partial charge < -0.3 is 5.73 Å². The van der Waals surface area contributed by atoms with Crippen LogP contribution in [0.4, 0.5) is 0 Å². The van der Waals surface area contributed by atoms with E-state index in [2.05, 4.69) is 27.7 Å². The minimum Gasteiger partial charge on any atom is -0.338 e. The summed E-state index contributed by atoms with van der Waals surface area (Å²) in [5, 5.41) is 2.69. The summed E-state index contributed by atoms with van der Waals surface area (Å²) in [7, 11) is 0. The summed E-state index contributed by atoms with van der Waals surface area (Å²) >= 11 is -0.623. The molecule has 0 spiro atoms. The highest BCUT2D eigenvalue weighted by Crippen LogP contribution is 2.16. The molecule has 0 saturated heterocycles. The van der Waals surface area contributed by atoms with E-state index >= 15 is 0 Å². The van der Waals surface area contributed by atoms with Gasteiger partial charge in [0.1, 0.15) is 0 Å². The van der Waals surface area contributed by atoms with E-state index in [1.807, 2.05) is 0 Å². The van der Waals surface area contributed by atoms with Gasteiger partial charge in [-0.25, -0.2) is 0 Å². The maximum absolute atomic E-state index is 6.14. The molecule has 0 saturated carbocycles. The van der Waals surface area contributed by atoms with Crippen molar-refractivity contribution in [3.8, 4) is 0 Å². The number of hydrogen-bond acceptors (Lipinski definition) is 1. The molecule has 1 nitrogen and oxygen atoms in total. The van der Waals surface area contributed by atoms with Gasteiger partial charge in [0, 0.05) is 0 Å². The summed E-state index contributed by atoms with van der Waals surface area (Å²) in [5.74, 6) is 0. The summed E-state index contributed by atoms with van der Waals surface area (Å²) in [4.78, 5) is 0. The molecule has 1 atom stereocenters. The van der Waals surface area contributed by atoms with Gasteiger partial charge in [-0.15, -0.1) is 0 Å². The average Bonchev–Trinajstić information content (AvgIpc) is 1.90. The molecule has 10 heavy (non-hydrogen) atoms. The van der Waals surface area contributed by atoms with Crippen molar-refractivity contribution in [1.82, 2.24) is 0 Å². The van der Waals surface area contributed by atoms with Crippen LogP contribution in [0, 0.1) is 0 Å². The third-order valence-corrected chi connectivity index (χ3v) is 6.92. The lowest BCUT2D eigenvalue weighted by molar-refractivity contribution is 0.609. The van der Waals surface area contributed by atoms with Gasteiger partial charge in [0.2, 0.25) is 0 Å². The van der Waals surface area contributed by atoms with E-state index in [0.717, 1.165) is 6.42 Å². The van der Waals surface area contributed by atoms with Crippen molar-refractivity contribution in [2.75, 3.05) is 0 Å². The van der Waals surface area contributed by atoms with E-state index in [0.29, 0.717) is 0 Å². The first-order valence-corrected chi connectivity index (χ1v) is 6.58. The molecule has 0 fully saturated rings. The van der Waals surface area contributed by atoms with Gasteiger partial charge in [-0.05, 0) is 4.40 Å². The normalized spacial score (nSPS) is 16.5. The van der Waals surface area contributed by atoms with Gasteiger partial charge in [0.25, 0.3) is 14.1 Å². The second-order valence-corrected chi connectivity index (χ2v) is 7.72. The molecule has 60 valence electrons. The van der Waals surface area contributed by atoms with Gasteiger partial charge in [-0.3, -0.25) is 0 Å². The van der Waals surface area contributed by atoms with E-state index in [1.165, 1.54) is 10.6 Å². The van der Waals surface area contributed by atoms with Crippen molar-refractivity contribution in [2.24, 2.45) is 5.73 Å². The molecule has 0 aliphatic rings. The van der Waals surface area contributed by atoms with Crippen LogP contribution in [-0.4, -0.2) is 18.5 Å². The molecule has 0 amide bonds. The summed E-state index contributed by atoms with van der Waals surface area (Å²) < 4.78 is 0.198. The molecule has 0 aliphatic heterocycles. The Balaban J connectivity index is 3.97. The van der Waals surface area contributed by atoms with Crippen LogP contribution in [0.15, 0.2) is 0 Å². The first-order valence-electron chi connectivity index (χ1n) is 4.37. The third kappa shape index (κ3) is 2.62. The molecule has 0 rings (SSSR count). The zero-order chi connectivity index (χ0) is 8.20. The Bertz CT molecular complexity index is 87.3. The van der Waals surface area contributed by atoms with E-state index in [-0.39, 0.29) is 4.40 Å². The van der Waals surface area contributed by atoms with Crippen molar-refractivity contribution >= 4 is 14.1 Å². The van der Waals surface area contributed by atoms with Gasteiger partial charge >= 0.3 is 0 Å². The van der Waals surface area contributed by atoms with Crippen molar-refractivity contribution in [2.45, 2.75) is 49.1 Å². The topological polar surface area (TPSA) is 26.0 Å². The Hall–Kier alpha value is 0.492. The first-order chi connectivity index (χ1) is 4.58. The predicted molar refractivity (Wildman–Crippen MR) is 49.6 cm³/mol. The molecule has 1 unspecified atom stereocenters. The van der Waals surface area contributed by atoms with Gasteiger partial charge in [-0.1, -0.05) is 44.7 Å². The zero-order valence-corrected chi connectivity index (χ0v) is 8.93. The Morgan fingerprint density at radius 3 is 1.70 bits per heavy atom. The van der Waals surface area contributed by atoms with E-state index in [4.69, 9.17) is 5.73 Å². The van der Waals surface area contributed by atoms with Crippen molar-refractivity contribution < 1.29 is 0 Å². The molecule has 0 aromatic rings. The summed E-state index contributed by atoms with van der Waals surface area (Å²) in [6, 6.07) is 0. The van der Waals surface area contributed by atoms with E-state index in [9.17, 15) is 0 Å². The lowest BCUT2D eigenvalue weighted by Gasteiger charge is -2.27. The van der Waals surface area contributed by atoms with Crippen molar-refractivity contribution in [1.29, 1.82) is 0 Å². The smallest absolute Gasteiger partial charge is 0.290 e. The molecule has 0 aliphatic carbocycles. The van der Waals surface area contributed by atoms with Crippen molar-refractivity contribution in [3.05, 3.63) is 0 Å². The second kappa shape index (κ2) is 4.39. The van der Waals surface area contributed by atoms with E-state index in [1.54, 1.807) is 0 Å². The Morgan fingerprint density at radius 1 is 1.20 bits per heavy atom. The zero-order valence-electron chi connectivity index (χ0n) is 7.78. The van der Waals surface area contributed by atoms with Gasteiger partial charge in [0.15, 0.2) is 0 Å². The van der Waals surface area contributed by atoms with Crippen LogP contribution in [0.1, 0.15) is 34.1 Å². The van der Waals surface area contributed by atoms with Gasteiger partial charge in [-0.2, -0.15) is 0 Å². The Kier molecular flexibility index (Phi) is 4.60. The van der Waals surface area contributed by atoms with Crippen LogP contribution in [0.5, 0.6) is 0 Å². The van der Waals surface area contributed by atoms with Crippen LogP contribution in [0.2, 0.25) is 10.6 Å². The van der Waals surface area contributed by atoms with Crippen molar-refractivity contribution in [3.63, 3.8) is 0 Å². The fourth-order valence-corrected chi connectivity index (χ4v) is 4.53. The largest absolute Gasteiger partial charge is 0.338 e. The standard InChI is InChI=1S/C4H10N.2C2H5.Al/c1-3-4(2)5;2*1-2;/h3,5H2,1-2H3;2*1H2,2H3;. The summed E-state index contributed by atoms with van der Waals surface area (Å²) in [5.41, 5.74) is 6.14. The van der Waals surface area contributed by atoms with E-state index < -0.39 is 14.1 Å². The molecular weight excluding hydrogens is 137 g/mol. The molecule has 2 heteroatoms. The fourth-order valence-electron chi connectivity index (χ4n) is 1.51. The lowest BCUT2D eigenvalue weighted by atomic mass is 10.3. The quantitative estimate of drug-likeness (QED) is 0.622.